The van der Waals surface area contributed by atoms with Crippen molar-refractivity contribution in [2.75, 3.05) is 19.8 Å². The second-order valence-corrected chi connectivity index (χ2v) is 11.6. The molecule has 0 radical (unpaired) electrons. The molecule has 1 aliphatic rings. The molecule has 236 valence electrons. The number of nitrogens with one attached hydrogen (secondary N) is 1. The molecule has 1 fully saturated rings. The SMILES string of the molecule is O=C(O)NCC1(c2cccc(-c3ccnc4c3c(C(F)(F)F)nn4C(c3ccccc3)(c3ccccc3)c3ccccc3)c2)COC1. The summed E-state index contributed by atoms with van der Waals surface area (Å²) in [6.07, 6.45) is -4.48. The van der Waals surface area contributed by atoms with E-state index in [1.807, 2.05) is 97.1 Å². The van der Waals surface area contributed by atoms with E-state index in [4.69, 9.17) is 4.74 Å². The number of nitrogens with zero attached hydrogens (tertiary/aromatic N) is 3. The standard InChI is InChI=1S/C37H29F3N4O3/c38-37(39,40)32-31-30(25-11-10-18-29(21-25)35(23-47-24-35)22-42-34(45)46)19-20-41-33(31)44(43-32)36(26-12-4-1-5-13-26,27-14-6-2-7-15-27)28-16-8-3-9-17-28/h1-21,42H,22-24H2,(H,45,46). The molecule has 47 heavy (non-hydrogen) atoms. The van der Waals surface area contributed by atoms with Crippen LogP contribution in [0.1, 0.15) is 27.9 Å². The fourth-order valence-electron chi connectivity index (χ4n) is 6.60. The first-order valence-electron chi connectivity index (χ1n) is 15.0. The molecule has 0 aliphatic carbocycles. The molecule has 1 saturated heterocycles. The van der Waals surface area contributed by atoms with Gasteiger partial charge in [-0.15, -0.1) is 0 Å². The van der Waals surface area contributed by atoms with E-state index in [-0.39, 0.29) is 30.8 Å². The first-order valence-corrected chi connectivity index (χ1v) is 15.0. The monoisotopic (exact) mass is 634 g/mol. The van der Waals surface area contributed by atoms with Crippen molar-refractivity contribution >= 4 is 17.1 Å². The summed E-state index contributed by atoms with van der Waals surface area (Å²) in [7, 11) is 0. The van der Waals surface area contributed by atoms with Crippen LogP contribution in [0.15, 0.2) is 128 Å². The van der Waals surface area contributed by atoms with Gasteiger partial charge in [-0.25, -0.2) is 14.5 Å². The van der Waals surface area contributed by atoms with E-state index in [0.717, 1.165) is 5.56 Å². The molecule has 10 heteroatoms. The number of fused-ring (bicyclic) bond motifs is 1. The molecular weight excluding hydrogens is 605 g/mol. The molecule has 2 aromatic heterocycles. The molecule has 1 amide bonds. The predicted molar refractivity (Wildman–Crippen MR) is 171 cm³/mol. The Hall–Kier alpha value is -5.48. The summed E-state index contributed by atoms with van der Waals surface area (Å²) in [5.41, 5.74) is 0.760. The van der Waals surface area contributed by atoms with Crippen molar-refractivity contribution in [1.29, 1.82) is 0 Å². The lowest BCUT2D eigenvalue weighted by atomic mass is 9.77. The molecule has 0 bridgehead atoms. The third-order valence-electron chi connectivity index (χ3n) is 8.85. The van der Waals surface area contributed by atoms with Crippen LogP contribution in [0, 0.1) is 0 Å². The summed E-state index contributed by atoms with van der Waals surface area (Å²) in [4.78, 5) is 15.9. The summed E-state index contributed by atoms with van der Waals surface area (Å²) >= 11 is 0. The number of alkyl halides is 3. The zero-order chi connectivity index (χ0) is 32.6. The number of carboxylic acid groups (broad SMARTS) is 1. The van der Waals surface area contributed by atoms with Crippen LogP contribution < -0.4 is 5.32 Å². The number of aromatic nitrogens is 3. The van der Waals surface area contributed by atoms with Gasteiger partial charge in [-0.1, -0.05) is 115 Å². The Balaban J connectivity index is 1.53. The van der Waals surface area contributed by atoms with Gasteiger partial charge in [-0.05, 0) is 39.4 Å². The lowest BCUT2D eigenvalue weighted by Crippen LogP contribution is -2.54. The Labute approximate surface area is 268 Å². The Morgan fingerprint density at radius 2 is 1.40 bits per heavy atom. The Morgan fingerprint density at radius 3 is 1.89 bits per heavy atom. The maximum atomic E-state index is 15.1. The topological polar surface area (TPSA) is 89.3 Å². The van der Waals surface area contributed by atoms with Gasteiger partial charge in [-0.3, -0.25) is 0 Å². The van der Waals surface area contributed by atoms with Gasteiger partial charge in [0.2, 0.25) is 0 Å². The molecule has 1 aliphatic heterocycles. The van der Waals surface area contributed by atoms with Gasteiger partial charge in [0.25, 0.3) is 0 Å². The molecule has 6 aromatic rings. The number of pyridine rings is 1. The third-order valence-corrected chi connectivity index (χ3v) is 8.85. The number of benzene rings is 4. The van der Waals surface area contributed by atoms with Gasteiger partial charge >= 0.3 is 12.3 Å². The van der Waals surface area contributed by atoms with Crippen molar-refractivity contribution in [1.82, 2.24) is 20.1 Å². The Morgan fingerprint density at radius 1 is 0.830 bits per heavy atom. The fourth-order valence-corrected chi connectivity index (χ4v) is 6.60. The van der Waals surface area contributed by atoms with Gasteiger partial charge in [0.15, 0.2) is 11.3 Å². The van der Waals surface area contributed by atoms with Crippen LogP contribution in [0.5, 0.6) is 0 Å². The summed E-state index contributed by atoms with van der Waals surface area (Å²) in [5.74, 6) is 0. The van der Waals surface area contributed by atoms with Gasteiger partial charge < -0.3 is 15.2 Å². The zero-order valence-electron chi connectivity index (χ0n) is 25.0. The van der Waals surface area contributed by atoms with E-state index in [1.165, 1.54) is 10.9 Å². The summed E-state index contributed by atoms with van der Waals surface area (Å²) in [6.45, 7) is 0.668. The zero-order valence-corrected chi connectivity index (χ0v) is 25.0. The van der Waals surface area contributed by atoms with Gasteiger partial charge in [-0.2, -0.15) is 18.3 Å². The first-order chi connectivity index (χ1) is 22.7. The average Bonchev–Trinajstić information content (AvgIpc) is 3.47. The second-order valence-electron chi connectivity index (χ2n) is 11.6. The lowest BCUT2D eigenvalue weighted by Gasteiger charge is -2.42. The van der Waals surface area contributed by atoms with Crippen molar-refractivity contribution < 1.29 is 27.8 Å². The maximum Gasteiger partial charge on any atom is 0.435 e. The van der Waals surface area contributed by atoms with Crippen LogP contribution in [-0.4, -0.2) is 45.7 Å². The molecule has 4 aromatic carbocycles. The minimum Gasteiger partial charge on any atom is -0.465 e. The quantitative estimate of drug-likeness (QED) is 0.169. The smallest absolute Gasteiger partial charge is 0.435 e. The second kappa shape index (κ2) is 11.7. The van der Waals surface area contributed by atoms with Crippen molar-refractivity contribution in [2.24, 2.45) is 0 Å². The van der Waals surface area contributed by atoms with Crippen LogP contribution in [-0.2, 0) is 21.9 Å². The molecule has 7 rings (SSSR count). The molecule has 0 saturated carbocycles. The Bertz CT molecular complexity index is 1950. The van der Waals surface area contributed by atoms with E-state index >= 15 is 13.2 Å². The number of hydrogen-bond acceptors (Lipinski definition) is 4. The van der Waals surface area contributed by atoms with Crippen LogP contribution in [0.3, 0.4) is 0 Å². The number of carbonyl (C=O) groups is 1. The highest BCUT2D eigenvalue weighted by molar-refractivity contribution is 5.96. The summed E-state index contributed by atoms with van der Waals surface area (Å²) in [6, 6.07) is 36.8. The average molecular weight is 635 g/mol. The number of amides is 1. The molecular formula is C37H29F3N4O3. The van der Waals surface area contributed by atoms with E-state index in [1.54, 1.807) is 24.3 Å². The minimum absolute atomic E-state index is 0.0611. The van der Waals surface area contributed by atoms with Crippen molar-refractivity contribution in [3.63, 3.8) is 0 Å². The summed E-state index contributed by atoms with van der Waals surface area (Å²) < 4.78 is 52.3. The van der Waals surface area contributed by atoms with Crippen molar-refractivity contribution in [2.45, 2.75) is 17.1 Å². The highest BCUT2D eigenvalue weighted by Crippen LogP contribution is 2.46. The summed E-state index contributed by atoms with van der Waals surface area (Å²) in [5, 5.41) is 16.0. The maximum absolute atomic E-state index is 15.1. The number of halogens is 3. The van der Waals surface area contributed by atoms with Gasteiger partial charge in [0.1, 0.15) is 5.54 Å². The van der Waals surface area contributed by atoms with Crippen LogP contribution in [0.2, 0.25) is 0 Å². The molecule has 3 heterocycles. The van der Waals surface area contributed by atoms with Crippen LogP contribution >= 0.6 is 0 Å². The van der Waals surface area contributed by atoms with Crippen LogP contribution in [0.25, 0.3) is 22.2 Å². The molecule has 0 unspecified atom stereocenters. The fraction of sp³-hybridized carbons (Fsp3) is 0.162. The molecule has 0 atom stereocenters. The normalized spacial score (nSPS) is 14.4. The van der Waals surface area contributed by atoms with Crippen LogP contribution in [0.4, 0.5) is 18.0 Å². The van der Waals surface area contributed by atoms with E-state index < -0.39 is 28.9 Å². The van der Waals surface area contributed by atoms with Crippen molar-refractivity contribution in [3.8, 4) is 11.1 Å². The number of hydrogen-bond donors (Lipinski definition) is 2. The van der Waals surface area contributed by atoms with E-state index in [2.05, 4.69) is 15.4 Å². The predicted octanol–water partition coefficient (Wildman–Crippen LogP) is 7.49. The van der Waals surface area contributed by atoms with Gasteiger partial charge in [0.05, 0.1) is 24.0 Å². The highest BCUT2D eigenvalue weighted by Gasteiger charge is 2.46. The lowest BCUT2D eigenvalue weighted by molar-refractivity contribution is -0.140. The van der Waals surface area contributed by atoms with E-state index in [0.29, 0.717) is 27.8 Å². The largest absolute Gasteiger partial charge is 0.465 e. The van der Waals surface area contributed by atoms with E-state index in [9.17, 15) is 9.90 Å². The molecule has 7 nitrogen and oxygen atoms in total. The molecule has 2 N–H and O–H groups in total. The molecule has 0 spiro atoms. The van der Waals surface area contributed by atoms with Gasteiger partial charge in [0, 0.05) is 12.7 Å². The number of rotatable bonds is 8. The minimum atomic E-state index is -4.82. The van der Waals surface area contributed by atoms with Crippen molar-refractivity contribution in [3.05, 3.63) is 155 Å². The first kappa shape index (κ1) is 30.2. The third kappa shape index (κ3) is 5.11. The number of ether oxygens (including phenoxy) is 1. The Kier molecular flexibility index (Phi) is 7.52. The highest BCUT2D eigenvalue weighted by atomic mass is 19.4.